The number of nitrogens with zero attached hydrogens (tertiary/aromatic N) is 2. The van der Waals surface area contributed by atoms with E-state index in [4.69, 9.17) is 0 Å². The van der Waals surface area contributed by atoms with E-state index in [0.29, 0.717) is 23.0 Å². The molecular formula is C21H23N3O3. The fraction of sp³-hybridized carbons (Fsp3) is 0.286. The van der Waals surface area contributed by atoms with Crippen LogP contribution < -0.4 is 16.6 Å². The van der Waals surface area contributed by atoms with Gasteiger partial charge in [0, 0.05) is 11.7 Å². The molecule has 0 unspecified atom stereocenters. The molecule has 27 heavy (non-hydrogen) atoms. The number of nitrogens with one attached hydrogen (secondary N) is 1. The number of anilines is 1. The Morgan fingerprint density at radius 1 is 1.07 bits per heavy atom. The van der Waals surface area contributed by atoms with Crippen molar-refractivity contribution in [1.29, 1.82) is 0 Å². The first kappa shape index (κ1) is 18.6. The zero-order valence-corrected chi connectivity index (χ0v) is 15.7. The average Bonchev–Trinajstić information content (AvgIpc) is 2.67. The molecule has 3 aromatic rings. The van der Waals surface area contributed by atoms with Crippen LogP contribution in [0, 0.1) is 6.92 Å². The molecular weight excluding hydrogens is 342 g/mol. The molecule has 140 valence electrons. The molecule has 0 saturated carbocycles. The smallest absolute Gasteiger partial charge is 0.325 e. The van der Waals surface area contributed by atoms with E-state index in [1.54, 1.807) is 24.3 Å². The molecule has 1 aromatic heterocycles. The number of carbonyl (C=O) groups excluding carboxylic acids is 1. The molecule has 3 rings (SSSR count). The van der Waals surface area contributed by atoms with E-state index in [9.17, 15) is 14.4 Å². The van der Waals surface area contributed by atoms with Crippen molar-refractivity contribution in [3.05, 3.63) is 74.9 Å². The molecule has 0 aliphatic rings. The molecule has 6 nitrogen and oxygen atoms in total. The Bertz CT molecular complexity index is 1090. The van der Waals surface area contributed by atoms with Gasteiger partial charge in [0.15, 0.2) is 0 Å². The number of benzene rings is 2. The lowest BCUT2D eigenvalue weighted by atomic mass is 10.2. The fourth-order valence-electron chi connectivity index (χ4n) is 3.04. The van der Waals surface area contributed by atoms with Crippen molar-refractivity contribution in [3.63, 3.8) is 0 Å². The van der Waals surface area contributed by atoms with Crippen molar-refractivity contribution >= 4 is 22.5 Å². The molecule has 0 aliphatic carbocycles. The maximum Gasteiger partial charge on any atom is 0.332 e. The Balaban J connectivity index is 2.05. The maximum absolute atomic E-state index is 13.0. The predicted molar refractivity (Wildman–Crippen MR) is 107 cm³/mol. The lowest BCUT2D eigenvalue weighted by Crippen LogP contribution is -2.43. The summed E-state index contributed by atoms with van der Waals surface area (Å²) < 4.78 is 2.61. The van der Waals surface area contributed by atoms with Crippen LogP contribution in [0.4, 0.5) is 5.69 Å². The van der Waals surface area contributed by atoms with Gasteiger partial charge >= 0.3 is 5.69 Å². The van der Waals surface area contributed by atoms with Crippen LogP contribution in [-0.2, 0) is 11.3 Å². The first-order valence-corrected chi connectivity index (χ1v) is 9.03. The molecule has 0 radical (unpaired) electrons. The Morgan fingerprint density at radius 3 is 2.41 bits per heavy atom. The van der Waals surface area contributed by atoms with Gasteiger partial charge in [-0.1, -0.05) is 36.8 Å². The van der Waals surface area contributed by atoms with Crippen LogP contribution in [0.5, 0.6) is 0 Å². The summed E-state index contributed by atoms with van der Waals surface area (Å²) in [6.45, 7) is 5.55. The van der Waals surface area contributed by atoms with Crippen molar-refractivity contribution in [3.8, 4) is 0 Å². The summed E-state index contributed by atoms with van der Waals surface area (Å²) in [5, 5.41) is 3.23. The van der Waals surface area contributed by atoms with Gasteiger partial charge in [0.05, 0.1) is 10.9 Å². The second kappa shape index (κ2) is 7.61. The number of carbonyl (C=O) groups is 1. The van der Waals surface area contributed by atoms with E-state index in [1.165, 1.54) is 9.13 Å². The van der Waals surface area contributed by atoms with Crippen molar-refractivity contribution < 1.29 is 4.79 Å². The van der Waals surface area contributed by atoms with E-state index < -0.39 is 5.69 Å². The number of amides is 1. The molecule has 0 bridgehead atoms. The minimum absolute atomic E-state index is 0.163. The normalized spacial score (nSPS) is 12.1. The van der Waals surface area contributed by atoms with Crippen LogP contribution in [0.25, 0.3) is 10.9 Å². The van der Waals surface area contributed by atoms with Gasteiger partial charge in [-0.15, -0.1) is 0 Å². The number of hydrogen-bond donors (Lipinski definition) is 1. The largest absolute Gasteiger partial charge is 0.332 e. The van der Waals surface area contributed by atoms with Gasteiger partial charge in [0.25, 0.3) is 5.56 Å². The zero-order chi connectivity index (χ0) is 19.6. The van der Waals surface area contributed by atoms with Gasteiger partial charge in [0.2, 0.25) is 5.91 Å². The highest BCUT2D eigenvalue weighted by molar-refractivity contribution is 5.91. The Hall–Kier alpha value is -3.15. The summed E-state index contributed by atoms with van der Waals surface area (Å²) in [5.74, 6) is -0.319. The Labute approximate surface area is 157 Å². The van der Waals surface area contributed by atoms with Crippen LogP contribution >= 0.6 is 0 Å². The fourth-order valence-corrected chi connectivity index (χ4v) is 3.04. The van der Waals surface area contributed by atoms with Crippen LogP contribution in [0.2, 0.25) is 0 Å². The van der Waals surface area contributed by atoms with Crippen LogP contribution in [0.15, 0.2) is 58.1 Å². The third-order valence-electron chi connectivity index (χ3n) is 4.75. The Morgan fingerprint density at radius 2 is 1.74 bits per heavy atom. The lowest BCUT2D eigenvalue weighted by Gasteiger charge is -2.17. The van der Waals surface area contributed by atoms with Crippen molar-refractivity contribution in [2.24, 2.45) is 0 Å². The van der Waals surface area contributed by atoms with Crippen molar-refractivity contribution in [1.82, 2.24) is 9.13 Å². The van der Waals surface area contributed by atoms with Crippen LogP contribution in [-0.4, -0.2) is 15.0 Å². The van der Waals surface area contributed by atoms with Gasteiger partial charge in [-0.25, -0.2) is 4.79 Å². The van der Waals surface area contributed by atoms with Gasteiger partial charge in [-0.3, -0.25) is 18.7 Å². The first-order valence-electron chi connectivity index (χ1n) is 9.03. The number of hydrogen-bond acceptors (Lipinski definition) is 3. The Kier molecular flexibility index (Phi) is 5.26. The second-order valence-electron chi connectivity index (χ2n) is 6.73. The molecule has 0 saturated heterocycles. The summed E-state index contributed by atoms with van der Waals surface area (Å²) in [7, 11) is 0. The van der Waals surface area contributed by atoms with Crippen molar-refractivity contribution in [2.45, 2.75) is 39.8 Å². The van der Waals surface area contributed by atoms with E-state index >= 15 is 0 Å². The highest BCUT2D eigenvalue weighted by atomic mass is 16.2. The molecule has 0 aliphatic heterocycles. The highest BCUT2D eigenvalue weighted by Crippen LogP contribution is 2.12. The van der Waals surface area contributed by atoms with Gasteiger partial charge in [0.1, 0.15) is 6.54 Å². The summed E-state index contributed by atoms with van der Waals surface area (Å²) in [6.07, 6.45) is 0.642. The predicted octanol–water partition coefficient (Wildman–Crippen LogP) is 3.08. The van der Waals surface area contributed by atoms with Gasteiger partial charge in [-0.2, -0.15) is 0 Å². The monoisotopic (exact) mass is 365 g/mol. The summed E-state index contributed by atoms with van der Waals surface area (Å²) in [6, 6.07) is 14.1. The molecule has 0 spiro atoms. The quantitative estimate of drug-likeness (QED) is 0.755. The standard InChI is InChI=1S/C21H23N3O3/c1-4-15(3)24-20(26)17-7-5-6-8-18(17)23(21(24)27)13-19(25)22-16-11-9-14(2)10-12-16/h5-12,15H,4,13H2,1-3H3,(H,22,25)/t15-/m1/s1. The number of aromatic nitrogens is 2. The first-order chi connectivity index (χ1) is 12.9. The highest BCUT2D eigenvalue weighted by Gasteiger charge is 2.17. The van der Waals surface area contributed by atoms with Crippen molar-refractivity contribution in [2.75, 3.05) is 5.32 Å². The third kappa shape index (κ3) is 3.69. The molecule has 1 N–H and O–H groups in total. The molecule has 1 heterocycles. The van der Waals surface area contributed by atoms with Crippen LogP contribution in [0.1, 0.15) is 31.9 Å². The third-order valence-corrected chi connectivity index (χ3v) is 4.75. The molecule has 6 heteroatoms. The zero-order valence-electron chi connectivity index (χ0n) is 15.7. The summed E-state index contributed by atoms with van der Waals surface area (Å²) in [5.41, 5.74) is 1.44. The topological polar surface area (TPSA) is 73.1 Å². The minimum atomic E-state index is -0.466. The number of fused-ring (bicyclic) bond motifs is 1. The summed E-state index contributed by atoms with van der Waals surface area (Å²) >= 11 is 0. The molecule has 2 aromatic carbocycles. The second-order valence-corrected chi connectivity index (χ2v) is 6.73. The molecule has 0 fully saturated rings. The summed E-state index contributed by atoms with van der Waals surface area (Å²) in [4.78, 5) is 38.3. The van der Waals surface area contributed by atoms with E-state index in [2.05, 4.69) is 5.32 Å². The number of para-hydroxylation sites is 1. The van der Waals surface area contributed by atoms with E-state index in [1.807, 2.05) is 45.0 Å². The minimum Gasteiger partial charge on any atom is -0.325 e. The molecule has 1 atom stereocenters. The number of aryl methyl sites for hydroxylation is 1. The SMILES string of the molecule is CC[C@@H](C)n1c(=O)c2ccccc2n(CC(=O)Nc2ccc(C)cc2)c1=O. The van der Waals surface area contributed by atoms with Crippen LogP contribution in [0.3, 0.4) is 0 Å². The molecule has 1 amide bonds. The van der Waals surface area contributed by atoms with E-state index in [-0.39, 0.29) is 24.1 Å². The maximum atomic E-state index is 13.0. The van der Waals surface area contributed by atoms with E-state index in [0.717, 1.165) is 5.56 Å². The average molecular weight is 365 g/mol. The van der Waals surface area contributed by atoms with Gasteiger partial charge in [-0.05, 0) is 44.5 Å². The number of rotatable bonds is 5. The lowest BCUT2D eigenvalue weighted by molar-refractivity contribution is -0.116. The van der Waals surface area contributed by atoms with Gasteiger partial charge < -0.3 is 5.32 Å².